The molecule has 0 aromatic heterocycles. The molecule has 2 saturated heterocycles. The Kier molecular flexibility index (Phi) is 10.0. The van der Waals surface area contributed by atoms with Crippen molar-refractivity contribution >= 4 is 20.2 Å². The summed E-state index contributed by atoms with van der Waals surface area (Å²) in [5.74, 6) is -1.44. The van der Waals surface area contributed by atoms with Gasteiger partial charge in [-0.1, -0.05) is 0 Å². The van der Waals surface area contributed by atoms with Gasteiger partial charge in [0.05, 0.1) is 0 Å². The zero-order chi connectivity index (χ0) is 15.5. The van der Waals surface area contributed by atoms with Crippen LogP contribution in [0.3, 0.4) is 0 Å². The first-order valence-corrected chi connectivity index (χ1v) is 7.28. The molecule has 2 rings (SSSR count). The SMILES string of the molecule is O=C(O)[C@@H]1CCCN1.O=C(O)[C@@H]1CCCN1.O=[P+](O)O. The van der Waals surface area contributed by atoms with Crippen LogP contribution in [0.15, 0.2) is 0 Å². The fourth-order valence-electron chi connectivity index (χ4n) is 1.79. The Morgan fingerprint density at radius 3 is 1.30 bits per heavy atom. The first-order valence-electron chi connectivity index (χ1n) is 6.12. The molecule has 2 heterocycles. The highest BCUT2D eigenvalue weighted by Crippen LogP contribution is 2.04. The summed E-state index contributed by atoms with van der Waals surface area (Å²) in [6.45, 7) is 1.72. The quantitative estimate of drug-likeness (QED) is 0.362. The molecule has 0 amide bonds. The highest BCUT2D eigenvalue weighted by Gasteiger charge is 2.20. The monoisotopic (exact) mass is 311 g/mol. The van der Waals surface area contributed by atoms with E-state index in [1.54, 1.807) is 0 Å². The minimum atomic E-state index is -2.87. The molecule has 0 saturated carbocycles. The Balaban J connectivity index is 0.000000289. The molecule has 2 atom stereocenters. The van der Waals surface area contributed by atoms with Gasteiger partial charge in [0.25, 0.3) is 0 Å². The number of aliphatic carboxylic acids is 2. The van der Waals surface area contributed by atoms with Crippen LogP contribution in [-0.4, -0.2) is 57.1 Å². The van der Waals surface area contributed by atoms with Gasteiger partial charge in [0.2, 0.25) is 0 Å². The summed E-state index contributed by atoms with van der Waals surface area (Å²) < 4.78 is 8.70. The van der Waals surface area contributed by atoms with E-state index >= 15 is 0 Å². The fraction of sp³-hybridized carbons (Fsp3) is 0.800. The largest absolute Gasteiger partial charge is 0.692 e. The van der Waals surface area contributed by atoms with E-state index in [-0.39, 0.29) is 12.1 Å². The predicted molar refractivity (Wildman–Crippen MR) is 69.4 cm³/mol. The number of carboxylic acid groups (broad SMARTS) is 2. The molecular formula is C10H20N2O7P+. The number of rotatable bonds is 2. The third-order valence-electron chi connectivity index (χ3n) is 2.72. The molecule has 0 spiro atoms. The minimum absolute atomic E-state index is 0.269. The predicted octanol–water partition coefficient (Wildman–Crippen LogP) is -0.726. The molecule has 0 aromatic carbocycles. The van der Waals surface area contributed by atoms with Crippen LogP contribution in [0.1, 0.15) is 25.7 Å². The molecule has 2 aliphatic heterocycles. The molecule has 2 aliphatic rings. The highest BCUT2D eigenvalue weighted by atomic mass is 31.1. The van der Waals surface area contributed by atoms with Crippen molar-refractivity contribution in [3.05, 3.63) is 0 Å². The standard InChI is InChI=1S/2C5H9NO2.HO3P/c2*7-5(8)4-2-1-3-6-4;1-4(2)3/h2*4,6H,1-3H2,(H,7,8);(H-,1,2,3)/p+1/t2*4-;/m00./s1. The van der Waals surface area contributed by atoms with Crippen molar-refractivity contribution in [2.24, 2.45) is 0 Å². The summed E-state index contributed by atoms with van der Waals surface area (Å²) in [6, 6.07) is -0.537. The van der Waals surface area contributed by atoms with Crippen LogP contribution in [0.4, 0.5) is 0 Å². The van der Waals surface area contributed by atoms with E-state index in [2.05, 4.69) is 10.6 Å². The maximum atomic E-state index is 10.1. The third-order valence-corrected chi connectivity index (χ3v) is 2.72. The van der Waals surface area contributed by atoms with Gasteiger partial charge in [-0.3, -0.25) is 9.59 Å². The lowest BCUT2D eigenvalue weighted by molar-refractivity contribution is -0.140. The molecular weight excluding hydrogens is 291 g/mol. The van der Waals surface area contributed by atoms with Gasteiger partial charge in [-0.2, -0.15) is 0 Å². The lowest BCUT2D eigenvalue weighted by Crippen LogP contribution is -2.29. The Hall–Kier alpha value is -1.12. The molecule has 0 aliphatic carbocycles. The Labute approximate surface area is 117 Å². The zero-order valence-electron chi connectivity index (χ0n) is 10.9. The summed E-state index contributed by atoms with van der Waals surface area (Å²) in [5, 5.41) is 22.4. The first kappa shape index (κ1) is 18.9. The second-order valence-corrected chi connectivity index (χ2v) is 4.73. The van der Waals surface area contributed by atoms with Crippen LogP contribution >= 0.6 is 8.25 Å². The number of carbonyl (C=O) groups is 2. The van der Waals surface area contributed by atoms with Crippen LogP contribution < -0.4 is 10.6 Å². The zero-order valence-corrected chi connectivity index (χ0v) is 11.8. The minimum Gasteiger partial charge on any atom is -0.480 e. The summed E-state index contributed by atoms with van der Waals surface area (Å²) >= 11 is 0. The Morgan fingerprint density at radius 2 is 1.20 bits per heavy atom. The Morgan fingerprint density at radius 1 is 0.900 bits per heavy atom. The van der Waals surface area contributed by atoms with E-state index in [0.29, 0.717) is 0 Å². The van der Waals surface area contributed by atoms with Crippen molar-refractivity contribution in [1.82, 2.24) is 10.6 Å². The van der Waals surface area contributed by atoms with Gasteiger partial charge in [0.1, 0.15) is 12.1 Å². The van der Waals surface area contributed by atoms with Gasteiger partial charge in [0.15, 0.2) is 0 Å². The molecule has 0 aromatic rings. The fourth-order valence-corrected chi connectivity index (χ4v) is 1.79. The second kappa shape index (κ2) is 10.6. The molecule has 20 heavy (non-hydrogen) atoms. The van der Waals surface area contributed by atoms with Crippen LogP contribution in [0.5, 0.6) is 0 Å². The normalized spacial score (nSPS) is 23.9. The molecule has 0 radical (unpaired) electrons. The van der Waals surface area contributed by atoms with Crippen molar-refractivity contribution in [3.8, 4) is 0 Å². The van der Waals surface area contributed by atoms with Crippen molar-refractivity contribution in [1.29, 1.82) is 0 Å². The molecule has 9 nitrogen and oxygen atoms in total. The Bertz CT molecular complexity index is 298. The van der Waals surface area contributed by atoms with Crippen molar-refractivity contribution in [2.75, 3.05) is 13.1 Å². The lowest BCUT2D eigenvalue weighted by Gasteiger charge is -1.99. The van der Waals surface area contributed by atoms with Crippen molar-refractivity contribution in [2.45, 2.75) is 37.8 Å². The average Bonchev–Trinajstić information content (AvgIpc) is 3.03. The van der Waals surface area contributed by atoms with Gasteiger partial charge < -0.3 is 20.8 Å². The van der Waals surface area contributed by atoms with E-state index in [1.165, 1.54) is 0 Å². The topological polar surface area (TPSA) is 156 Å². The van der Waals surface area contributed by atoms with E-state index in [9.17, 15) is 9.59 Å². The van der Waals surface area contributed by atoms with Crippen molar-refractivity contribution in [3.63, 3.8) is 0 Å². The maximum Gasteiger partial charge on any atom is 0.692 e. The van der Waals surface area contributed by atoms with Gasteiger partial charge in [-0.05, 0) is 38.8 Å². The second-order valence-electron chi connectivity index (χ2n) is 4.23. The van der Waals surface area contributed by atoms with Gasteiger partial charge in [-0.25, -0.2) is 0 Å². The van der Waals surface area contributed by atoms with Crippen LogP contribution in [0, 0.1) is 0 Å². The molecule has 0 bridgehead atoms. The van der Waals surface area contributed by atoms with Gasteiger partial charge in [0, 0.05) is 4.57 Å². The summed E-state index contributed by atoms with van der Waals surface area (Å²) in [7, 11) is -2.87. The first-order chi connectivity index (χ1) is 9.34. The third kappa shape index (κ3) is 9.76. The summed E-state index contributed by atoms with van der Waals surface area (Å²) in [4.78, 5) is 34.5. The van der Waals surface area contributed by atoms with E-state index in [1.807, 2.05) is 0 Å². The van der Waals surface area contributed by atoms with E-state index in [0.717, 1.165) is 38.8 Å². The van der Waals surface area contributed by atoms with Crippen LogP contribution in [0.2, 0.25) is 0 Å². The molecule has 116 valence electrons. The molecule has 0 unspecified atom stereocenters. The van der Waals surface area contributed by atoms with Gasteiger partial charge in [-0.15, -0.1) is 9.79 Å². The number of hydrogen-bond acceptors (Lipinski definition) is 5. The molecule has 2 fully saturated rings. The molecule has 10 heteroatoms. The lowest BCUT2D eigenvalue weighted by atomic mass is 10.2. The van der Waals surface area contributed by atoms with Crippen LogP contribution in [0.25, 0.3) is 0 Å². The summed E-state index contributed by atoms with van der Waals surface area (Å²) in [6.07, 6.45) is 3.57. The maximum absolute atomic E-state index is 10.1. The van der Waals surface area contributed by atoms with E-state index in [4.69, 9.17) is 24.6 Å². The number of hydrogen-bond donors (Lipinski definition) is 6. The number of carboxylic acids is 2. The summed E-state index contributed by atoms with van der Waals surface area (Å²) in [5.41, 5.74) is 0. The number of nitrogens with one attached hydrogen (secondary N) is 2. The smallest absolute Gasteiger partial charge is 0.480 e. The molecule has 6 N–H and O–H groups in total. The average molecular weight is 311 g/mol. The van der Waals surface area contributed by atoms with Crippen LogP contribution in [-0.2, 0) is 14.2 Å². The van der Waals surface area contributed by atoms with Crippen molar-refractivity contribution < 1.29 is 34.2 Å². The van der Waals surface area contributed by atoms with E-state index < -0.39 is 20.2 Å². The highest BCUT2D eigenvalue weighted by molar-refractivity contribution is 7.30. The van der Waals surface area contributed by atoms with Gasteiger partial charge >= 0.3 is 20.2 Å².